The van der Waals surface area contributed by atoms with Crippen molar-refractivity contribution in [2.75, 3.05) is 6.54 Å². The van der Waals surface area contributed by atoms with Gasteiger partial charge in [-0.25, -0.2) is 0 Å². The zero-order chi connectivity index (χ0) is 11.2. The largest absolute Gasteiger partial charge is 0.351 e. The van der Waals surface area contributed by atoms with E-state index in [1.165, 1.54) is 17.7 Å². The number of carbonyl (C=O) groups is 1. The van der Waals surface area contributed by atoms with Gasteiger partial charge in [0.15, 0.2) is 0 Å². The minimum atomic E-state index is 0.169. The molecule has 1 atom stereocenters. The summed E-state index contributed by atoms with van der Waals surface area (Å²) in [5.74, 6) is 0.169. The lowest BCUT2D eigenvalue weighted by atomic mass is 10.1. The second-order valence-corrected chi connectivity index (χ2v) is 5.22. The molecule has 1 fully saturated rings. The molecule has 88 valence electrons. The van der Waals surface area contributed by atoms with Gasteiger partial charge in [0.2, 0.25) is 5.91 Å². The van der Waals surface area contributed by atoms with Crippen LogP contribution in [0.2, 0.25) is 0 Å². The summed E-state index contributed by atoms with van der Waals surface area (Å²) in [4.78, 5) is 12.8. The zero-order valence-corrected chi connectivity index (χ0v) is 10.2. The van der Waals surface area contributed by atoms with Gasteiger partial charge in [-0.3, -0.25) is 4.79 Å². The van der Waals surface area contributed by atoms with Crippen molar-refractivity contribution in [3.63, 3.8) is 0 Å². The molecule has 0 saturated carbocycles. The minimum absolute atomic E-state index is 0.169. The Morgan fingerprint density at radius 1 is 1.62 bits per heavy atom. The predicted octanol–water partition coefficient (Wildman–Crippen LogP) is 1.90. The molecule has 1 aromatic rings. The molecule has 0 aliphatic carbocycles. The highest BCUT2D eigenvalue weighted by Gasteiger charge is 2.14. The molecule has 1 saturated heterocycles. The molecular weight excluding hydrogens is 220 g/mol. The first-order chi connectivity index (χ1) is 7.84. The van der Waals surface area contributed by atoms with E-state index in [2.05, 4.69) is 10.6 Å². The Labute approximate surface area is 100 Å². The lowest BCUT2D eigenvalue weighted by molar-refractivity contribution is -0.121. The lowest BCUT2D eigenvalue weighted by Crippen LogP contribution is -2.26. The molecule has 2 rings (SSSR count). The molecule has 0 bridgehead atoms. The van der Waals surface area contributed by atoms with E-state index in [-0.39, 0.29) is 5.91 Å². The van der Waals surface area contributed by atoms with Crippen LogP contribution in [0, 0.1) is 0 Å². The summed E-state index contributed by atoms with van der Waals surface area (Å²) in [5, 5.41) is 8.39. The number of nitrogens with one attached hydrogen (secondary N) is 2. The Balaban J connectivity index is 1.60. The topological polar surface area (TPSA) is 41.1 Å². The van der Waals surface area contributed by atoms with Gasteiger partial charge in [0.25, 0.3) is 0 Å². The highest BCUT2D eigenvalue weighted by Crippen LogP contribution is 2.11. The fourth-order valence-corrected chi connectivity index (χ4v) is 2.64. The average Bonchev–Trinajstić information content (AvgIpc) is 2.96. The second kappa shape index (κ2) is 6.01. The van der Waals surface area contributed by atoms with Gasteiger partial charge in [0, 0.05) is 17.3 Å². The normalized spacial score (nSPS) is 19.9. The number of thiophene rings is 1. The van der Waals surface area contributed by atoms with Gasteiger partial charge in [-0.2, -0.15) is 0 Å². The molecule has 1 aliphatic rings. The van der Waals surface area contributed by atoms with Crippen LogP contribution in [0.3, 0.4) is 0 Å². The SMILES string of the molecule is O=C(CCC1CCCN1)NCc1cccs1. The van der Waals surface area contributed by atoms with Crippen LogP contribution in [-0.2, 0) is 11.3 Å². The smallest absolute Gasteiger partial charge is 0.220 e. The maximum atomic E-state index is 11.6. The maximum Gasteiger partial charge on any atom is 0.220 e. The molecular formula is C12H18N2OS. The predicted molar refractivity (Wildman–Crippen MR) is 66.4 cm³/mol. The molecule has 4 heteroatoms. The molecule has 2 N–H and O–H groups in total. The summed E-state index contributed by atoms with van der Waals surface area (Å²) in [6.07, 6.45) is 4.08. The third-order valence-corrected chi connectivity index (χ3v) is 3.80. The maximum absolute atomic E-state index is 11.6. The van der Waals surface area contributed by atoms with Crippen LogP contribution in [0.1, 0.15) is 30.6 Å². The van der Waals surface area contributed by atoms with Gasteiger partial charge in [-0.05, 0) is 37.3 Å². The van der Waals surface area contributed by atoms with Crippen molar-refractivity contribution in [3.8, 4) is 0 Å². The summed E-state index contributed by atoms with van der Waals surface area (Å²) in [6, 6.07) is 4.62. The van der Waals surface area contributed by atoms with Crippen molar-refractivity contribution < 1.29 is 4.79 Å². The first-order valence-electron chi connectivity index (χ1n) is 5.87. The van der Waals surface area contributed by atoms with Crippen molar-refractivity contribution >= 4 is 17.2 Å². The number of amides is 1. The quantitative estimate of drug-likeness (QED) is 0.822. The Kier molecular flexibility index (Phi) is 4.36. The van der Waals surface area contributed by atoms with Gasteiger partial charge in [-0.15, -0.1) is 11.3 Å². The van der Waals surface area contributed by atoms with Crippen LogP contribution < -0.4 is 10.6 Å². The Morgan fingerprint density at radius 2 is 2.56 bits per heavy atom. The molecule has 2 heterocycles. The van der Waals surface area contributed by atoms with Crippen LogP contribution >= 0.6 is 11.3 Å². The summed E-state index contributed by atoms with van der Waals surface area (Å²) in [6.45, 7) is 1.79. The van der Waals surface area contributed by atoms with E-state index in [9.17, 15) is 4.79 Å². The van der Waals surface area contributed by atoms with Gasteiger partial charge in [-0.1, -0.05) is 6.07 Å². The fourth-order valence-electron chi connectivity index (χ4n) is 2.00. The molecule has 16 heavy (non-hydrogen) atoms. The summed E-state index contributed by atoms with van der Waals surface area (Å²) in [5.41, 5.74) is 0. The minimum Gasteiger partial charge on any atom is -0.351 e. The second-order valence-electron chi connectivity index (χ2n) is 4.19. The van der Waals surface area contributed by atoms with E-state index >= 15 is 0 Å². The van der Waals surface area contributed by atoms with Crippen molar-refractivity contribution in [2.45, 2.75) is 38.3 Å². The summed E-state index contributed by atoms with van der Waals surface area (Å²) in [7, 11) is 0. The number of hydrogen-bond acceptors (Lipinski definition) is 3. The molecule has 0 radical (unpaired) electrons. The van der Waals surface area contributed by atoms with E-state index in [0.29, 0.717) is 19.0 Å². The summed E-state index contributed by atoms with van der Waals surface area (Å²) >= 11 is 1.68. The van der Waals surface area contributed by atoms with Gasteiger partial charge in [0.05, 0.1) is 6.54 Å². The standard InChI is InChI=1S/C12H18N2OS/c15-12(6-5-10-3-1-7-13-10)14-9-11-4-2-8-16-11/h2,4,8,10,13H,1,3,5-7,9H2,(H,14,15). The third kappa shape index (κ3) is 3.61. The average molecular weight is 238 g/mol. The number of hydrogen-bond donors (Lipinski definition) is 2. The van der Waals surface area contributed by atoms with Crippen molar-refractivity contribution in [3.05, 3.63) is 22.4 Å². The molecule has 0 spiro atoms. The van der Waals surface area contributed by atoms with Crippen molar-refractivity contribution in [2.24, 2.45) is 0 Å². The zero-order valence-electron chi connectivity index (χ0n) is 9.37. The van der Waals surface area contributed by atoms with E-state index in [1.807, 2.05) is 17.5 Å². The van der Waals surface area contributed by atoms with Gasteiger partial charge < -0.3 is 10.6 Å². The van der Waals surface area contributed by atoms with Crippen LogP contribution in [0.15, 0.2) is 17.5 Å². The third-order valence-electron chi connectivity index (χ3n) is 2.92. The van der Waals surface area contributed by atoms with Crippen LogP contribution in [0.25, 0.3) is 0 Å². The number of rotatable bonds is 5. The Bertz CT molecular complexity index is 318. The van der Waals surface area contributed by atoms with Gasteiger partial charge in [0.1, 0.15) is 0 Å². The van der Waals surface area contributed by atoms with E-state index < -0.39 is 0 Å². The van der Waals surface area contributed by atoms with E-state index in [0.717, 1.165) is 13.0 Å². The highest BCUT2D eigenvalue weighted by molar-refractivity contribution is 7.09. The van der Waals surface area contributed by atoms with Crippen LogP contribution in [-0.4, -0.2) is 18.5 Å². The lowest BCUT2D eigenvalue weighted by Gasteiger charge is -2.09. The highest BCUT2D eigenvalue weighted by atomic mass is 32.1. The van der Waals surface area contributed by atoms with E-state index in [4.69, 9.17) is 0 Å². The molecule has 1 unspecified atom stereocenters. The first-order valence-corrected chi connectivity index (χ1v) is 6.75. The molecule has 1 amide bonds. The van der Waals surface area contributed by atoms with Crippen LogP contribution in [0.5, 0.6) is 0 Å². The molecule has 0 aromatic carbocycles. The van der Waals surface area contributed by atoms with E-state index in [1.54, 1.807) is 11.3 Å². The Morgan fingerprint density at radius 3 is 3.25 bits per heavy atom. The molecule has 3 nitrogen and oxygen atoms in total. The van der Waals surface area contributed by atoms with Crippen molar-refractivity contribution in [1.29, 1.82) is 0 Å². The van der Waals surface area contributed by atoms with Crippen LogP contribution in [0.4, 0.5) is 0 Å². The summed E-state index contributed by atoms with van der Waals surface area (Å²) < 4.78 is 0. The molecule has 1 aliphatic heterocycles. The molecule has 1 aromatic heterocycles. The van der Waals surface area contributed by atoms with Gasteiger partial charge >= 0.3 is 0 Å². The fraction of sp³-hybridized carbons (Fsp3) is 0.583. The number of carbonyl (C=O) groups excluding carboxylic acids is 1. The monoisotopic (exact) mass is 238 g/mol. The Hall–Kier alpha value is -0.870. The first kappa shape index (κ1) is 11.6. The van der Waals surface area contributed by atoms with Crippen molar-refractivity contribution in [1.82, 2.24) is 10.6 Å².